The Morgan fingerprint density at radius 1 is 0.870 bits per heavy atom. The summed E-state index contributed by atoms with van der Waals surface area (Å²) >= 11 is 1.32. The van der Waals surface area contributed by atoms with Crippen molar-refractivity contribution < 1.29 is 18.0 Å². The molecule has 1 N–H and O–H groups in total. The third kappa shape index (κ3) is 6.74. The molecule has 0 spiro atoms. The van der Waals surface area contributed by atoms with Gasteiger partial charge < -0.3 is 10.2 Å². The first-order valence-electron chi connectivity index (χ1n) is 15.6. The van der Waals surface area contributed by atoms with Crippen LogP contribution in [0.15, 0.2) is 76.8 Å². The van der Waals surface area contributed by atoms with Crippen LogP contribution >= 0.6 is 11.8 Å². The predicted octanol–water partition coefficient (Wildman–Crippen LogP) is 5.06. The molecule has 3 heterocycles. The molecule has 10 nitrogen and oxygen atoms in total. The molecule has 0 radical (unpaired) electrons. The van der Waals surface area contributed by atoms with Gasteiger partial charge in [0.25, 0.3) is 5.91 Å². The van der Waals surface area contributed by atoms with Crippen molar-refractivity contribution in [1.29, 1.82) is 0 Å². The van der Waals surface area contributed by atoms with Crippen LogP contribution in [0.4, 0.5) is 5.69 Å². The lowest BCUT2D eigenvalue weighted by Gasteiger charge is -2.29. The highest BCUT2D eigenvalue weighted by Crippen LogP contribution is 2.30. The molecule has 2 amide bonds. The predicted molar refractivity (Wildman–Crippen MR) is 179 cm³/mol. The Morgan fingerprint density at radius 2 is 1.63 bits per heavy atom. The summed E-state index contributed by atoms with van der Waals surface area (Å²) in [5.41, 5.74) is 5.43. The number of fused-ring (bicyclic) bond motifs is 1. The van der Waals surface area contributed by atoms with E-state index in [0.717, 1.165) is 54.6 Å². The number of hydrogen-bond acceptors (Lipinski definition) is 7. The highest BCUT2D eigenvalue weighted by atomic mass is 32.2. The molecule has 2 aliphatic rings. The van der Waals surface area contributed by atoms with Crippen molar-refractivity contribution in [3.63, 3.8) is 0 Å². The summed E-state index contributed by atoms with van der Waals surface area (Å²) in [4.78, 5) is 28.6. The molecule has 12 heteroatoms. The minimum Gasteiger partial charge on any atom is -0.345 e. The Morgan fingerprint density at radius 3 is 2.41 bits per heavy atom. The summed E-state index contributed by atoms with van der Waals surface area (Å²) < 4.78 is 29.5. The Labute approximate surface area is 274 Å². The van der Waals surface area contributed by atoms with E-state index >= 15 is 0 Å². The molecule has 0 unspecified atom stereocenters. The third-order valence-corrected chi connectivity index (χ3v) is 11.3. The SMILES string of the molecule is Cc1ccc(C)c(-n2c(CNC(=O)c3ccc(S(=O)(=O)N4CCCCC4)cc3)nnc2SCC(=O)N2CCCc3ccccc32)c1. The molecule has 2 aliphatic heterocycles. The van der Waals surface area contributed by atoms with Gasteiger partial charge in [-0.3, -0.25) is 14.2 Å². The van der Waals surface area contributed by atoms with Gasteiger partial charge in [0.1, 0.15) is 0 Å². The first kappa shape index (κ1) is 32.0. The first-order valence-corrected chi connectivity index (χ1v) is 18.1. The average Bonchev–Trinajstić information content (AvgIpc) is 3.49. The van der Waals surface area contributed by atoms with Crippen LogP contribution in [0, 0.1) is 13.8 Å². The molecule has 46 heavy (non-hydrogen) atoms. The standard InChI is InChI=1S/C34H38N6O4S2/c1-24-12-13-25(2)30(21-24)40-31(36-37-34(40)45-23-32(41)39-20-8-10-26-9-4-5-11-29(26)39)22-35-33(42)27-14-16-28(17-15-27)46(43,44)38-18-6-3-7-19-38/h4-5,9,11-17,21H,3,6-8,10,18-20,22-23H2,1-2H3,(H,35,42). The highest BCUT2D eigenvalue weighted by Gasteiger charge is 2.27. The van der Waals surface area contributed by atoms with Crippen molar-refractivity contribution in [2.45, 2.75) is 62.5 Å². The van der Waals surface area contributed by atoms with E-state index in [9.17, 15) is 18.0 Å². The summed E-state index contributed by atoms with van der Waals surface area (Å²) in [6.07, 6.45) is 4.64. The van der Waals surface area contributed by atoms with E-state index in [4.69, 9.17) is 0 Å². The number of piperidine rings is 1. The zero-order chi connectivity index (χ0) is 32.3. The fraction of sp³-hybridized carbons (Fsp3) is 0.353. The second-order valence-corrected chi connectivity index (χ2v) is 14.6. The number of carbonyl (C=O) groups is 2. The van der Waals surface area contributed by atoms with Gasteiger partial charge in [-0.05, 0) is 92.6 Å². The van der Waals surface area contributed by atoms with E-state index in [1.54, 1.807) is 0 Å². The number of para-hydroxylation sites is 1. The number of aryl methyl sites for hydroxylation is 3. The third-order valence-electron chi connectivity index (χ3n) is 8.52. The minimum atomic E-state index is -3.58. The van der Waals surface area contributed by atoms with Crippen molar-refractivity contribution in [1.82, 2.24) is 24.4 Å². The van der Waals surface area contributed by atoms with Crippen molar-refractivity contribution in [2.24, 2.45) is 0 Å². The molecule has 0 saturated carbocycles. The van der Waals surface area contributed by atoms with Gasteiger partial charge in [0.05, 0.1) is 22.9 Å². The van der Waals surface area contributed by atoms with Crippen LogP contribution in [0.3, 0.4) is 0 Å². The molecule has 1 fully saturated rings. The van der Waals surface area contributed by atoms with E-state index in [1.807, 2.05) is 59.7 Å². The number of carbonyl (C=O) groups excluding carboxylic acids is 2. The number of nitrogens with one attached hydrogen (secondary N) is 1. The van der Waals surface area contributed by atoms with Crippen molar-refractivity contribution >= 4 is 39.3 Å². The van der Waals surface area contributed by atoms with Gasteiger partial charge in [0, 0.05) is 30.9 Å². The Kier molecular flexibility index (Phi) is 9.57. The van der Waals surface area contributed by atoms with Crippen LogP contribution in [-0.4, -0.2) is 64.7 Å². The zero-order valence-corrected chi connectivity index (χ0v) is 27.7. The smallest absolute Gasteiger partial charge is 0.251 e. The number of thioether (sulfide) groups is 1. The number of nitrogens with zero attached hydrogens (tertiary/aromatic N) is 5. The number of hydrogen-bond donors (Lipinski definition) is 1. The van der Waals surface area contributed by atoms with Crippen LogP contribution in [0.1, 0.15) is 58.6 Å². The Hall–Kier alpha value is -4.00. The maximum absolute atomic E-state index is 13.4. The van der Waals surface area contributed by atoms with E-state index in [2.05, 4.69) is 21.6 Å². The molecule has 4 aromatic rings. The number of rotatable bonds is 9. The summed E-state index contributed by atoms with van der Waals surface area (Å²) in [5.74, 6) is 0.361. The Bertz CT molecular complexity index is 1850. The second kappa shape index (κ2) is 13.8. The van der Waals surface area contributed by atoms with E-state index in [-0.39, 0.29) is 29.0 Å². The van der Waals surface area contributed by atoms with Crippen LogP contribution < -0.4 is 10.2 Å². The normalized spacial score (nSPS) is 15.4. The molecule has 0 aliphatic carbocycles. The summed E-state index contributed by atoms with van der Waals surface area (Å²) in [5, 5.41) is 12.3. The maximum Gasteiger partial charge on any atom is 0.251 e. The van der Waals surface area contributed by atoms with Gasteiger partial charge in [-0.2, -0.15) is 4.31 Å². The number of benzene rings is 3. The van der Waals surface area contributed by atoms with Crippen LogP contribution in [0.25, 0.3) is 5.69 Å². The number of aromatic nitrogens is 3. The molecular weight excluding hydrogens is 621 g/mol. The van der Waals surface area contributed by atoms with Crippen molar-refractivity contribution in [3.8, 4) is 5.69 Å². The summed E-state index contributed by atoms with van der Waals surface area (Å²) in [6.45, 7) is 5.82. The summed E-state index contributed by atoms with van der Waals surface area (Å²) in [7, 11) is -3.58. The van der Waals surface area contributed by atoms with Crippen LogP contribution in [0.5, 0.6) is 0 Å². The molecule has 0 atom stereocenters. The topological polar surface area (TPSA) is 117 Å². The quantitative estimate of drug-likeness (QED) is 0.250. The number of anilines is 1. The first-order chi connectivity index (χ1) is 22.2. The molecule has 6 rings (SSSR count). The van der Waals surface area contributed by atoms with Crippen molar-refractivity contribution in [2.75, 3.05) is 30.3 Å². The van der Waals surface area contributed by atoms with Crippen LogP contribution in [-0.2, 0) is 27.8 Å². The molecule has 1 saturated heterocycles. The number of amides is 2. The van der Waals surface area contributed by atoms with E-state index in [1.165, 1.54) is 45.9 Å². The van der Waals surface area contributed by atoms with Crippen molar-refractivity contribution in [3.05, 3.63) is 94.8 Å². The summed E-state index contributed by atoms with van der Waals surface area (Å²) in [6, 6.07) is 20.2. The Balaban J connectivity index is 1.18. The fourth-order valence-corrected chi connectivity index (χ4v) is 8.36. The lowest BCUT2D eigenvalue weighted by Crippen LogP contribution is -2.36. The van der Waals surface area contributed by atoms with Gasteiger partial charge in [-0.15, -0.1) is 10.2 Å². The molecule has 3 aromatic carbocycles. The fourth-order valence-electron chi connectivity index (χ4n) is 6.00. The molecule has 240 valence electrons. The van der Waals surface area contributed by atoms with Gasteiger partial charge in [0.2, 0.25) is 15.9 Å². The molecule has 0 bridgehead atoms. The minimum absolute atomic E-state index is 0.00765. The lowest BCUT2D eigenvalue weighted by molar-refractivity contribution is -0.116. The largest absolute Gasteiger partial charge is 0.345 e. The average molecular weight is 659 g/mol. The molecular formula is C34H38N6O4S2. The molecule has 1 aromatic heterocycles. The zero-order valence-electron chi connectivity index (χ0n) is 26.1. The maximum atomic E-state index is 13.4. The van der Waals surface area contributed by atoms with Crippen LogP contribution in [0.2, 0.25) is 0 Å². The van der Waals surface area contributed by atoms with Gasteiger partial charge >= 0.3 is 0 Å². The van der Waals surface area contributed by atoms with Gasteiger partial charge in [0.15, 0.2) is 11.0 Å². The highest BCUT2D eigenvalue weighted by molar-refractivity contribution is 7.99. The monoisotopic (exact) mass is 658 g/mol. The number of sulfonamides is 1. The van der Waals surface area contributed by atoms with E-state index in [0.29, 0.717) is 36.2 Å². The lowest BCUT2D eigenvalue weighted by atomic mass is 10.0. The van der Waals surface area contributed by atoms with Gasteiger partial charge in [-0.1, -0.05) is 48.5 Å². The van der Waals surface area contributed by atoms with E-state index < -0.39 is 10.0 Å². The van der Waals surface area contributed by atoms with Gasteiger partial charge in [-0.25, -0.2) is 8.42 Å². The second-order valence-electron chi connectivity index (χ2n) is 11.8.